The highest BCUT2D eigenvalue weighted by Crippen LogP contribution is 2.38. The number of amidine groups is 1. The maximum absolute atomic E-state index is 11.7. The molecule has 0 N–H and O–H groups in total. The van der Waals surface area contributed by atoms with E-state index in [1.54, 1.807) is 26.3 Å². The van der Waals surface area contributed by atoms with Crippen molar-refractivity contribution in [3.8, 4) is 5.75 Å². The summed E-state index contributed by atoms with van der Waals surface area (Å²) in [5.74, 6) is 1.25. The topological polar surface area (TPSA) is 60.4 Å². The van der Waals surface area contributed by atoms with E-state index >= 15 is 0 Å². The number of nitrogens with zero attached hydrogens (tertiary/aromatic N) is 2. The largest absolute Gasteiger partial charge is 0.510 e. The summed E-state index contributed by atoms with van der Waals surface area (Å²) in [6, 6.07) is 7.47. The second-order valence-electron chi connectivity index (χ2n) is 5.65. The summed E-state index contributed by atoms with van der Waals surface area (Å²) in [5, 5.41) is 0.880. The van der Waals surface area contributed by atoms with Crippen molar-refractivity contribution >= 4 is 35.2 Å². The Bertz CT molecular complexity index is 774. The van der Waals surface area contributed by atoms with Gasteiger partial charge in [-0.2, -0.15) is 0 Å². The molecule has 0 fully saturated rings. The van der Waals surface area contributed by atoms with Crippen molar-refractivity contribution in [3.63, 3.8) is 0 Å². The molecule has 138 valence electrons. The van der Waals surface area contributed by atoms with Crippen molar-refractivity contribution in [2.24, 2.45) is 4.99 Å². The third-order valence-electron chi connectivity index (χ3n) is 4.01. The molecule has 0 saturated heterocycles. The van der Waals surface area contributed by atoms with Gasteiger partial charge in [-0.3, -0.25) is 0 Å². The van der Waals surface area contributed by atoms with E-state index < -0.39 is 12.4 Å². The fraction of sp³-hybridized carbons (Fsp3) is 0.333. The fourth-order valence-corrected chi connectivity index (χ4v) is 3.39. The van der Waals surface area contributed by atoms with Crippen molar-refractivity contribution in [1.82, 2.24) is 4.90 Å². The maximum Gasteiger partial charge on any atom is 0.510 e. The maximum atomic E-state index is 11.7. The molecular weight excluding hydrogens is 379 g/mol. The number of fused-ring (bicyclic) bond motifs is 1. The number of aliphatic imine (C=N–C) groups is 1. The molecule has 26 heavy (non-hydrogen) atoms. The lowest BCUT2D eigenvalue weighted by molar-refractivity contribution is 0.0166. The van der Waals surface area contributed by atoms with E-state index in [2.05, 4.69) is 4.99 Å². The van der Waals surface area contributed by atoms with E-state index in [0.717, 1.165) is 11.3 Å². The lowest BCUT2D eigenvalue weighted by Gasteiger charge is -2.39. The number of halogens is 2. The van der Waals surface area contributed by atoms with E-state index in [0.29, 0.717) is 22.3 Å². The second-order valence-corrected chi connectivity index (χ2v) is 6.49. The SMILES string of the molecule is CCOC(=O)OC1CC(c2ccc(OC)cc2)N2C=C(Cl)C=C(Cl)C2=N1. The molecule has 2 heterocycles. The van der Waals surface area contributed by atoms with Crippen LogP contribution in [0.2, 0.25) is 0 Å². The number of hydrogen-bond acceptors (Lipinski definition) is 6. The van der Waals surface area contributed by atoms with E-state index in [1.807, 2.05) is 29.2 Å². The van der Waals surface area contributed by atoms with Gasteiger partial charge < -0.3 is 19.1 Å². The van der Waals surface area contributed by atoms with Crippen LogP contribution < -0.4 is 4.74 Å². The molecule has 2 unspecified atom stereocenters. The van der Waals surface area contributed by atoms with Crippen LogP contribution in [0.1, 0.15) is 24.9 Å². The Balaban J connectivity index is 1.93. The van der Waals surface area contributed by atoms with Crippen LogP contribution in [0.5, 0.6) is 5.75 Å². The molecule has 0 spiro atoms. The summed E-state index contributed by atoms with van der Waals surface area (Å²) >= 11 is 12.5. The Morgan fingerprint density at radius 1 is 1.31 bits per heavy atom. The smallest absolute Gasteiger partial charge is 0.497 e. The molecule has 0 amide bonds. The van der Waals surface area contributed by atoms with Crippen LogP contribution in [-0.2, 0) is 9.47 Å². The van der Waals surface area contributed by atoms with E-state index in [1.165, 1.54) is 0 Å². The molecule has 0 aromatic heterocycles. The van der Waals surface area contributed by atoms with E-state index in [9.17, 15) is 4.79 Å². The van der Waals surface area contributed by atoms with Crippen molar-refractivity contribution in [1.29, 1.82) is 0 Å². The van der Waals surface area contributed by atoms with Gasteiger partial charge >= 0.3 is 6.16 Å². The Kier molecular flexibility index (Phi) is 5.74. The van der Waals surface area contributed by atoms with Gasteiger partial charge in [0.2, 0.25) is 6.23 Å². The van der Waals surface area contributed by atoms with Gasteiger partial charge in [-0.15, -0.1) is 0 Å². The molecular formula is C18H18Cl2N2O4. The van der Waals surface area contributed by atoms with Crippen LogP contribution in [0.4, 0.5) is 4.79 Å². The van der Waals surface area contributed by atoms with Crippen LogP contribution in [0, 0.1) is 0 Å². The highest BCUT2D eigenvalue weighted by molar-refractivity contribution is 6.45. The van der Waals surface area contributed by atoms with Crippen LogP contribution in [0.25, 0.3) is 0 Å². The third kappa shape index (κ3) is 3.97. The number of ether oxygens (including phenoxy) is 3. The number of allylic oxidation sites excluding steroid dienone is 2. The third-order valence-corrected chi connectivity index (χ3v) is 4.49. The molecule has 0 radical (unpaired) electrons. The molecule has 6 nitrogen and oxygen atoms in total. The van der Waals surface area contributed by atoms with Crippen molar-refractivity contribution < 1.29 is 19.0 Å². The molecule has 0 aliphatic carbocycles. The zero-order valence-electron chi connectivity index (χ0n) is 14.3. The second kappa shape index (κ2) is 8.01. The first-order chi connectivity index (χ1) is 12.5. The van der Waals surface area contributed by atoms with Gasteiger partial charge in [-0.05, 0) is 30.7 Å². The first-order valence-corrected chi connectivity index (χ1v) is 8.85. The van der Waals surface area contributed by atoms with Gasteiger partial charge in [0, 0.05) is 12.6 Å². The summed E-state index contributed by atoms with van der Waals surface area (Å²) in [4.78, 5) is 18.0. The zero-order valence-corrected chi connectivity index (χ0v) is 15.8. The molecule has 8 heteroatoms. The molecule has 2 atom stereocenters. The first kappa shape index (κ1) is 18.6. The van der Waals surface area contributed by atoms with Gasteiger partial charge in [0.25, 0.3) is 0 Å². The fourth-order valence-electron chi connectivity index (χ4n) is 2.86. The van der Waals surface area contributed by atoms with Crippen molar-refractivity contribution in [2.75, 3.05) is 13.7 Å². The predicted octanol–water partition coefficient (Wildman–Crippen LogP) is 4.56. The molecule has 1 aromatic carbocycles. The lowest BCUT2D eigenvalue weighted by atomic mass is 9.98. The van der Waals surface area contributed by atoms with Crippen LogP contribution >= 0.6 is 23.2 Å². The van der Waals surface area contributed by atoms with Gasteiger partial charge in [0.1, 0.15) is 5.75 Å². The van der Waals surface area contributed by atoms with Crippen molar-refractivity contribution in [2.45, 2.75) is 25.6 Å². The minimum Gasteiger partial charge on any atom is -0.497 e. The molecule has 1 aromatic rings. The summed E-state index contributed by atoms with van der Waals surface area (Å²) in [5.41, 5.74) is 0.989. The average Bonchev–Trinajstić information content (AvgIpc) is 2.62. The van der Waals surface area contributed by atoms with Crippen LogP contribution in [0.3, 0.4) is 0 Å². The average molecular weight is 397 g/mol. The highest BCUT2D eigenvalue weighted by atomic mass is 35.5. The van der Waals surface area contributed by atoms with E-state index in [-0.39, 0.29) is 12.6 Å². The number of benzene rings is 1. The van der Waals surface area contributed by atoms with Gasteiger partial charge in [0.05, 0.1) is 29.8 Å². The number of hydrogen-bond donors (Lipinski definition) is 0. The number of carbonyl (C=O) groups is 1. The monoisotopic (exact) mass is 396 g/mol. The quantitative estimate of drug-likeness (QED) is 0.698. The minimum absolute atomic E-state index is 0.163. The molecule has 0 saturated carbocycles. The Morgan fingerprint density at radius 3 is 2.69 bits per heavy atom. The lowest BCUT2D eigenvalue weighted by Crippen LogP contribution is -2.40. The summed E-state index contributed by atoms with van der Waals surface area (Å²) < 4.78 is 15.4. The standard InChI is InChI=1S/C18H18Cl2N2O4/c1-3-25-18(23)26-16-9-15(11-4-6-13(24-2)7-5-11)22-10-12(19)8-14(20)17(22)21-16/h4-8,10,15-16H,3,9H2,1-2H3. The Labute approximate surface area is 161 Å². The molecule has 0 bridgehead atoms. The number of methoxy groups -OCH3 is 1. The van der Waals surface area contributed by atoms with Gasteiger partial charge in [-0.1, -0.05) is 35.3 Å². The van der Waals surface area contributed by atoms with Gasteiger partial charge in [-0.25, -0.2) is 9.79 Å². The van der Waals surface area contributed by atoms with Gasteiger partial charge in [0.15, 0.2) is 5.84 Å². The molecule has 2 aliphatic rings. The van der Waals surface area contributed by atoms with Crippen LogP contribution in [-0.4, -0.2) is 36.8 Å². The number of rotatable bonds is 4. The van der Waals surface area contributed by atoms with Crippen LogP contribution in [0.15, 0.2) is 51.6 Å². The Hall–Kier alpha value is -2.18. The molecule has 2 aliphatic heterocycles. The predicted molar refractivity (Wildman–Crippen MR) is 99.4 cm³/mol. The zero-order chi connectivity index (χ0) is 18.7. The van der Waals surface area contributed by atoms with Crippen molar-refractivity contribution in [3.05, 3.63) is 52.2 Å². The molecule has 3 rings (SSSR count). The first-order valence-electron chi connectivity index (χ1n) is 8.10. The summed E-state index contributed by atoms with van der Waals surface area (Å²) in [6.45, 7) is 1.94. The normalized spacial score (nSPS) is 21.8. The van der Waals surface area contributed by atoms with E-state index in [4.69, 9.17) is 37.4 Å². The minimum atomic E-state index is -0.756. The Morgan fingerprint density at radius 2 is 2.04 bits per heavy atom. The summed E-state index contributed by atoms with van der Waals surface area (Å²) in [7, 11) is 1.61. The summed E-state index contributed by atoms with van der Waals surface area (Å²) in [6.07, 6.45) is 2.34. The highest BCUT2D eigenvalue weighted by Gasteiger charge is 2.35. The number of carbonyl (C=O) groups excluding carboxylic acids is 1.